The molecule has 0 saturated heterocycles. The smallest absolute Gasteiger partial charge is 0.307 e. The Hall–Kier alpha value is -1.17. The zero-order chi connectivity index (χ0) is 13.4. The van der Waals surface area contributed by atoms with Crippen molar-refractivity contribution in [3.63, 3.8) is 0 Å². The van der Waals surface area contributed by atoms with Crippen LogP contribution in [0.15, 0.2) is 0 Å². The molecule has 98 valence electrons. The number of thiocarbonyl (C=S) groups is 1. The standard InChI is InChI=1S/C11H20N2O3S/c1-4-8(10(12)17)11(15)13(3)7-6-9(14)16-5-2/h8H,4-7H2,1-3H3,(H2,12,17). The Balaban J connectivity index is 4.21. The lowest BCUT2D eigenvalue weighted by molar-refractivity contribution is -0.144. The fourth-order valence-corrected chi connectivity index (χ4v) is 1.63. The number of carbonyl (C=O) groups is 2. The van der Waals surface area contributed by atoms with Crippen molar-refractivity contribution in [2.45, 2.75) is 26.7 Å². The molecule has 1 atom stereocenters. The summed E-state index contributed by atoms with van der Waals surface area (Å²) < 4.78 is 4.78. The summed E-state index contributed by atoms with van der Waals surface area (Å²) in [7, 11) is 1.63. The van der Waals surface area contributed by atoms with Gasteiger partial charge in [0.25, 0.3) is 0 Å². The number of amides is 1. The van der Waals surface area contributed by atoms with Crippen molar-refractivity contribution >= 4 is 29.1 Å². The Kier molecular flexibility index (Phi) is 7.45. The maximum absolute atomic E-state index is 11.9. The molecule has 0 aromatic rings. The summed E-state index contributed by atoms with van der Waals surface area (Å²) >= 11 is 4.83. The van der Waals surface area contributed by atoms with Crippen molar-refractivity contribution in [3.05, 3.63) is 0 Å². The second kappa shape index (κ2) is 8.00. The van der Waals surface area contributed by atoms with Gasteiger partial charge in [-0.05, 0) is 13.3 Å². The van der Waals surface area contributed by atoms with Crippen LogP contribution in [-0.4, -0.2) is 42.0 Å². The first-order chi connectivity index (χ1) is 7.93. The van der Waals surface area contributed by atoms with E-state index in [1.165, 1.54) is 4.90 Å². The van der Waals surface area contributed by atoms with Crippen molar-refractivity contribution in [3.8, 4) is 0 Å². The first kappa shape index (κ1) is 15.8. The zero-order valence-electron chi connectivity index (χ0n) is 10.6. The maximum atomic E-state index is 11.9. The maximum Gasteiger partial charge on any atom is 0.307 e. The van der Waals surface area contributed by atoms with E-state index < -0.39 is 5.92 Å². The molecule has 0 heterocycles. The molecule has 0 aliphatic heterocycles. The van der Waals surface area contributed by atoms with E-state index in [-0.39, 0.29) is 23.3 Å². The quantitative estimate of drug-likeness (QED) is 0.539. The summed E-state index contributed by atoms with van der Waals surface area (Å²) in [6.45, 7) is 4.26. The van der Waals surface area contributed by atoms with Crippen molar-refractivity contribution in [1.29, 1.82) is 0 Å². The third-order valence-corrected chi connectivity index (χ3v) is 2.67. The number of ether oxygens (including phenoxy) is 1. The predicted molar refractivity (Wildman–Crippen MR) is 69.5 cm³/mol. The largest absolute Gasteiger partial charge is 0.466 e. The van der Waals surface area contributed by atoms with E-state index in [2.05, 4.69) is 0 Å². The molecule has 0 aromatic heterocycles. The van der Waals surface area contributed by atoms with Crippen LogP contribution >= 0.6 is 12.2 Å². The van der Waals surface area contributed by atoms with Gasteiger partial charge in [0.1, 0.15) is 0 Å². The summed E-state index contributed by atoms with van der Waals surface area (Å²) in [6, 6.07) is 0. The zero-order valence-corrected chi connectivity index (χ0v) is 11.4. The van der Waals surface area contributed by atoms with Crippen LogP contribution in [0.25, 0.3) is 0 Å². The van der Waals surface area contributed by atoms with Gasteiger partial charge in [-0.15, -0.1) is 0 Å². The molecule has 0 rings (SSSR count). The van der Waals surface area contributed by atoms with Gasteiger partial charge in [0.2, 0.25) is 5.91 Å². The molecule has 1 unspecified atom stereocenters. The van der Waals surface area contributed by atoms with Gasteiger partial charge < -0.3 is 15.4 Å². The normalized spacial score (nSPS) is 11.7. The second-order valence-corrected chi connectivity index (χ2v) is 4.15. The second-order valence-electron chi connectivity index (χ2n) is 3.68. The van der Waals surface area contributed by atoms with Crippen LogP contribution in [0, 0.1) is 5.92 Å². The monoisotopic (exact) mass is 260 g/mol. The summed E-state index contributed by atoms with van der Waals surface area (Å²) in [6.07, 6.45) is 0.752. The third kappa shape index (κ3) is 5.63. The molecular weight excluding hydrogens is 240 g/mol. The number of hydrogen-bond acceptors (Lipinski definition) is 4. The number of hydrogen-bond donors (Lipinski definition) is 1. The minimum absolute atomic E-state index is 0.149. The number of carbonyl (C=O) groups excluding carboxylic acids is 2. The van der Waals surface area contributed by atoms with Crippen LogP contribution in [0.4, 0.5) is 0 Å². The number of nitrogens with zero attached hydrogens (tertiary/aromatic N) is 1. The van der Waals surface area contributed by atoms with Gasteiger partial charge in [-0.2, -0.15) is 0 Å². The van der Waals surface area contributed by atoms with Gasteiger partial charge in [0, 0.05) is 13.6 Å². The van der Waals surface area contributed by atoms with E-state index in [1.54, 1.807) is 14.0 Å². The van der Waals surface area contributed by atoms with Gasteiger partial charge in [0.05, 0.1) is 23.9 Å². The molecule has 0 fully saturated rings. The summed E-state index contributed by atoms with van der Waals surface area (Å²) in [5.41, 5.74) is 5.48. The van der Waals surface area contributed by atoms with Crippen LogP contribution in [-0.2, 0) is 14.3 Å². The molecule has 0 bridgehead atoms. The van der Waals surface area contributed by atoms with Gasteiger partial charge in [-0.25, -0.2) is 0 Å². The minimum atomic E-state index is -0.447. The molecule has 0 aliphatic rings. The number of nitrogens with two attached hydrogens (primary N) is 1. The third-order valence-electron chi connectivity index (χ3n) is 2.38. The average Bonchev–Trinajstić information content (AvgIpc) is 2.26. The van der Waals surface area contributed by atoms with Crippen LogP contribution in [0.3, 0.4) is 0 Å². The first-order valence-electron chi connectivity index (χ1n) is 5.63. The van der Waals surface area contributed by atoms with Crippen LogP contribution < -0.4 is 5.73 Å². The average molecular weight is 260 g/mol. The highest BCUT2D eigenvalue weighted by atomic mass is 32.1. The van der Waals surface area contributed by atoms with E-state index in [0.29, 0.717) is 19.6 Å². The Bertz CT molecular complexity index is 294. The van der Waals surface area contributed by atoms with Crippen LogP contribution in [0.5, 0.6) is 0 Å². The highest BCUT2D eigenvalue weighted by molar-refractivity contribution is 7.80. The van der Waals surface area contributed by atoms with Crippen molar-refractivity contribution in [1.82, 2.24) is 4.90 Å². The lowest BCUT2D eigenvalue weighted by Gasteiger charge is -2.21. The van der Waals surface area contributed by atoms with Gasteiger partial charge in [-0.1, -0.05) is 19.1 Å². The van der Waals surface area contributed by atoms with Gasteiger partial charge in [-0.3, -0.25) is 9.59 Å². The molecule has 0 aromatic carbocycles. The highest BCUT2D eigenvalue weighted by Crippen LogP contribution is 2.07. The van der Waals surface area contributed by atoms with Gasteiger partial charge >= 0.3 is 5.97 Å². The molecule has 6 heteroatoms. The molecule has 0 spiro atoms. The molecule has 0 radical (unpaired) electrons. The fraction of sp³-hybridized carbons (Fsp3) is 0.727. The lowest BCUT2D eigenvalue weighted by Crippen LogP contribution is -2.39. The van der Waals surface area contributed by atoms with Gasteiger partial charge in [0.15, 0.2) is 0 Å². The van der Waals surface area contributed by atoms with Crippen molar-refractivity contribution in [2.24, 2.45) is 11.7 Å². The topological polar surface area (TPSA) is 72.6 Å². The summed E-state index contributed by atoms with van der Waals surface area (Å²) in [4.78, 5) is 24.7. The van der Waals surface area contributed by atoms with E-state index in [1.807, 2.05) is 6.92 Å². The minimum Gasteiger partial charge on any atom is -0.466 e. The van der Waals surface area contributed by atoms with Crippen molar-refractivity contribution in [2.75, 3.05) is 20.2 Å². The Morgan fingerprint density at radius 2 is 2.00 bits per heavy atom. The molecule has 17 heavy (non-hydrogen) atoms. The summed E-state index contributed by atoms with van der Waals surface area (Å²) in [5.74, 6) is -0.906. The van der Waals surface area contributed by atoms with Crippen LogP contribution in [0.1, 0.15) is 26.7 Å². The molecule has 0 saturated carbocycles. The SMILES string of the molecule is CCOC(=O)CCN(C)C(=O)C(CC)C(N)=S. The summed E-state index contributed by atoms with van der Waals surface area (Å²) in [5, 5.41) is 0. The molecule has 0 aliphatic carbocycles. The van der Waals surface area contributed by atoms with E-state index >= 15 is 0 Å². The first-order valence-corrected chi connectivity index (χ1v) is 6.04. The molecule has 1 amide bonds. The Labute approximate surface area is 107 Å². The molecule has 2 N–H and O–H groups in total. The van der Waals surface area contributed by atoms with Crippen LogP contribution in [0.2, 0.25) is 0 Å². The number of esters is 1. The number of rotatable bonds is 7. The molecule has 5 nitrogen and oxygen atoms in total. The predicted octanol–water partition coefficient (Wildman–Crippen LogP) is 0.710. The lowest BCUT2D eigenvalue weighted by atomic mass is 10.1. The van der Waals surface area contributed by atoms with E-state index in [9.17, 15) is 9.59 Å². The van der Waals surface area contributed by atoms with E-state index in [0.717, 1.165) is 0 Å². The van der Waals surface area contributed by atoms with E-state index in [4.69, 9.17) is 22.7 Å². The Morgan fingerprint density at radius 1 is 1.41 bits per heavy atom. The van der Waals surface area contributed by atoms with Crippen molar-refractivity contribution < 1.29 is 14.3 Å². The molecular formula is C11H20N2O3S. The fourth-order valence-electron chi connectivity index (χ4n) is 1.37. The Morgan fingerprint density at radius 3 is 2.41 bits per heavy atom. The highest BCUT2D eigenvalue weighted by Gasteiger charge is 2.23.